The summed E-state index contributed by atoms with van der Waals surface area (Å²) in [6.07, 6.45) is 2.49. The third kappa shape index (κ3) is 2.96. The Morgan fingerprint density at radius 1 is 1.31 bits per heavy atom. The molecule has 0 saturated carbocycles. The second kappa shape index (κ2) is 5.99. The highest BCUT2D eigenvalue weighted by Crippen LogP contribution is 2.27. The van der Waals surface area contributed by atoms with Crippen LogP contribution in [0.1, 0.15) is 40.5 Å². The number of aliphatic hydroxyl groups is 1. The Kier molecular flexibility index (Phi) is 5.22. The molecule has 1 saturated heterocycles. The first-order valence-corrected chi connectivity index (χ1v) is 6.61. The van der Waals surface area contributed by atoms with E-state index < -0.39 is 0 Å². The zero-order chi connectivity index (χ0) is 12.3. The van der Waals surface area contributed by atoms with Crippen molar-refractivity contribution in [1.82, 2.24) is 4.90 Å². The van der Waals surface area contributed by atoms with Crippen LogP contribution >= 0.6 is 0 Å². The highest BCUT2D eigenvalue weighted by molar-refractivity contribution is 4.92. The first kappa shape index (κ1) is 13.9. The van der Waals surface area contributed by atoms with Gasteiger partial charge in [0.05, 0.1) is 6.61 Å². The van der Waals surface area contributed by atoms with E-state index in [0.717, 1.165) is 6.54 Å². The van der Waals surface area contributed by atoms with Crippen molar-refractivity contribution in [2.45, 2.75) is 58.7 Å². The summed E-state index contributed by atoms with van der Waals surface area (Å²) in [5, 5.41) is 9.58. The summed E-state index contributed by atoms with van der Waals surface area (Å²) in [5.74, 6) is 1.07. The van der Waals surface area contributed by atoms with E-state index in [4.69, 9.17) is 5.73 Å². The van der Waals surface area contributed by atoms with Crippen molar-refractivity contribution in [3.63, 3.8) is 0 Å². The number of hydrogen-bond donors (Lipinski definition) is 2. The van der Waals surface area contributed by atoms with Crippen LogP contribution in [0.15, 0.2) is 0 Å². The van der Waals surface area contributed by atoms with Crippen LogP contribution in [0.5, 0.6) is 0 Å². The molecule has 3 unspecified atom stereocenters. The maximum Gasteiger partial charge on any atom is 0.0602 e. The van der Waals surface area contributed by atoms with Gasteiger partial charge in [-0.2, -0.15) is 0 Å². The summed E-state index contributed by atoms with van der Waals surface area (Å²) in [4.78, 5) is 2.44. The summed E-state index contributed by atoms with van der Waals surface area (Å²) in [6.45, 7) is 10.1. The largest absolute Gasteiger partial charge is 0.395 e. The Labute approximate surface area is 100 Å². The van der Waals surface area contributed by atoms with Crippen molar-refractivity contribution in [3.8, 4) is 0 Å². The molecule has 1 heterocycles. The van der Waals surface area contributed by atoms with E-state index in [1.165, 1.54) is 12.8 Å². The molecule has 0 aromatic rings. The lowest BCUT2D eigenvalue weighted by Gasteiger charge is -2.38. The van der Waals surface area contributed by atoms with Crippen molar-refractivity contribution < 1.29 is 5.11 Å². The lowest BCUT2D eigenvalue weighted by molar-refractivity contribution is 0.0664. The van der Waals surface area contributed by atoms with Gasteiger partial charge in [-0.3, -0.25) is 4.90 Å². The molecule has 3 atom stereocenters. The molecule has 0 bridgehead atoms. The van der Waals surface area contributed by atoms with E-state index >= 15 is 0 Å². The molecular formula is C13H28N2O. The SMILES string of the molecule is CC(C)C(N)C(CO)N1CCCC1C(C)C. The van der Waals surface area contributed by atoms with Crippen LogP contribution in [0, 0.1) is 11.8 Å². The highest BCUT2D eigenvalue weighted by Gasteiger charge is 2.35. The standard InChI is InChI=1S/C13H28N2O/c1-9(2)11-6-5-7-15(11)12(8-16)13(14)10(3)4/h9-13,16H,5-8,14H2,1-4H3. The van der Waals surface area contributed by atoms with Gasteiger partial charge in [0.25, 0.3) is 0 Å². The molecule has 0 aromatic carbocycles. The van der Waals surface area contributed by atoms with E-state index in [0.29, 0.717) is 17.9 Å². The monoisotopic (exact) mass is 228 g/mol. The molecule has 0 aliphatic carbocycles. The molecule has 3 N–H and O–H groups in total. The summed E-state index contributed by atoms with van der Waals surface area (Å²) in [5.41, 5.74) is 6.21. The van der Waals surface area contributed by atoms with Crippen LogP contribution in [0.4, 0.5) is 0 Å². The molecule has 3 nitrogen and oxygen atoms in total. The van der Waals surface area contributed by atoms with Gasteiger partial charge in [0.1, 0.15) is 0 Å². The summed E-state index contributed by atoms with van der Waals surface area (Å²) in [7, 11) is 0. The second-order valence-corrected chi connectivity index (χ2v) is 5.76. The third-order valence-corrected chi connectivity index (χ3v) is 3.94. The molecule has 0 radical (unpaired) electrons. The molecule has 1 aliphatic rings. The fraction of sp³-hybridized carbons (Fsp3) is 1.00. The van der Waals surface area contributed by atoms with Crippen molar-refractivity contribution >= 4 is 0 Å². The van der Waals surface area contributed by atoms with E-state index in [1.54, 1.807) is 0 Å². The maximum absolute atomic E-state index is 9.58. The fourth-order valence-electron chi connectivity index (χ4n) is 2.83. The smallest absolute Gasteiger partial charge is 0.0602 e. The lowest BCUT2D eigenvalue weighted by Crippen LogP contribution is -2.54. The minimum atomic E-state index is 0.0735. The van der Waals surface area contributed by atoms with Crippen LogP contribution in [0.3, 0.4) is 0 Å². The predicted octanol–water partition coefficient (Wildman–Crippen LogP) is 1.45. The number of likely N-dealkylation sites (tertiary alicyclic amines) is 1. The Hall–Kier alpha value is -0.120. The number of rotatable bonds is 5. The summed E-state index contributed by atoms with van der Waals surface area (Å²) in [6, 6.07) is 0.807. The average molecular weight is 228 g/mol. The van der Waals surface area contributed by atoms with Crippen LogP contribution < -0.4 is 5.73 Å². The number of nitrogens with two attached hydrogens (primary N) is 1. The third-order valence-electron chi connectivity index (χ3n) is 3.94. The van der Waals surface area contributed by atoms with Crippen LogP contribution in [-0.2, 0) is 0 Å². The molecule has 0 aromatic heterocycles. The minimum Gasteiger partial charge on any atom is -0.395 e. The molecule has 1 fully saturated rings. The molecular weight excluding hydrogens is 200 g/mol. The van der Waals surface area contributed by atoms with E-state index in [9.17, 15) is 5.11 Å². The normalized spacial score (nSPS) is 26.6. The molecule has 0 amide bonds. The lowest BCUT2D eigenvalue weighted by atomic mass is 9.94. The van der Waals surface area contributed by atoms with Gasteiger partial charge in [-0.15, -0.1) is 0 Å². The first-order chi connectivity index (χ1) is 7.49. The number of hydrogen-bond acceptors (Lipinski definition) is 3. The van der Waals surface area contributed by atoms with E-state index in [-0.39, 0.29) is 18.7 Å². The van der Waals surface area contributed by atoms with Crippen LogP contribution in [0.25, 0.3) is 0 Å². The minimum absolute atomic E-state index is 0.0735. The van der Waals surface area contributed by atoms with Gasteiger partial charge in [0, 0.05) is 18.1 Å². The predicted molar refractivity (Wildman–Crippen MR) is 68.3 cm³/mol. The zero-order valence-corrected chi connectivity index (χ0v) is 11.2. The van der Waals surface area contributed by atoms with Crippen molar-refractivity contribution in [2.75, 3.05) is 13.2 Å². The van der Waals surface area contributed by atoms with Crippen molar-refractivity contribution in [1.29, 1.82) is 0 Å². The fourth-order valence-corrected chi connectivity index (χ4v) is 2.83. The van der Waals surface area contributed by atoms with Crippen LogP contribution in [0.2, 0.25) is 0 Å². The first-order valence-electron chi connectivity index (χ1n) is 6.61. The topological polar surface area (TPSA) is 49.5 Å². The van der Waals surface area contributed by atoms with E-state index in [2.05, 4.69) is 32.6 Å². The zero-order valence-electron chi connectivity index (χ0n) is 11.2. The maximum atomic E-state index is 9.58. The summed E-state index contributed by atoms with van der Waals surface area (Å²) >= 11 is 0. The van der Waals surface area contributed by atoms with Gasteiger partial charge in [0.15, 0.2) is 0 Å². The molecule has 0 spiro atoms. The second-order valence-electron chi connectivity index (χ2n) is 5.76. The van der Waals surface area contributed by atoms with Gasteiger partial charge < -0.3 is 10.8 Å². The quantitative estimate of drug-likeness (QED) is 0.749. The van der Waals surface area contributed by atoms with Gasteiger partial charge in [-0.05, 0) is 31.2 Å². The highest BCUT2D eigenvalue weighted by atomic mass is 16.3. The molecule has 16 heavy (non-hydrogen) atoms. The molecule has 3 heteroatoms. The average Bonchev–Trinajstić information content (AvgIpc) is 2.67. The van der Waals surface area contributed by atoms with Crippen LogP contribution in [-0.4, -0.2) is 41.3 Å². The van der Waals surface area contributed by atoms with Gasteiger partial charge >= 0.3 is 0 Å². The van der Waals surface area contributed by atoms with Gasteiger partial charge in [-0.1, -0.05) is 27.7 Å². The number of aliphatic hydroxyl groups excluding tert-OH is 1. The Morgan fingerprint density at radius 3 is 2.38 bits per heavy atom. The Bertz CT molecular complexity index is 206. The molecule has 1 aliphatic heterocycles. The number of nitrogens with zero attached hydrogens (tertiary/aromatic N) is 1. The van der Waals surface area contributed by atoms with E-state index in [1.807, 2.05) is 0 Å². The van der Waals surface area contributed by atoms with Gasteiger partial charge in [-0.25, -0.2) is 0 Å². The summed E-state index contributed by atoms with van der Waals surface area (Å²) < 4.78 is 0. The van der Waals surface area contributed by atoms with Crippen molar-refractivity contribution in [2.24, 2.45) is 17.6 Å². The Morgan fingerprint density at radius 2 is 1.94 bits per heavy atom. The van der Waals surface area contributed by atoms with Gasteiger partial charge in [0.2, 0.25) is 0 Å². The Balaban J connectivity index is 2.71. The molecule has 1 rings (SSSR count). The van der Waals surface area contributed by atoms with Crippen molar-refractivity contribution in [3.05, 3.63) is 0 Å². The molecule has 96 valence electrons.